The van der Waals surface area contributed by atoms with E-state index in [0.29, 0.717) is 0 Å². The fourth-order valence-electron chi connectivity index (χ4n) is 3.57. The smallest absolute Gasteiger partial charge is 0.225 e. The van der Waals surface area contributed by atoms with E-state index in [4.69, 9.17) is 4.42 Å². The number of piperazine rings is 1. The van der Waals surface area contributed by atoms with Crippen molar-refractivity contribution in [2.75, 3.05) is 31.1 Å². The second kappa shape index (κ2) is 7.13. The summed E-state index contributed by atoms with van der Waals surface area (Å²) in [5, 5.41) is 5.46. The van der Waals surface area contributed by atoms with Gasteiger partial charge in [0.15, 0.2) is 0 Å². The molecule has 5 nitrogen and oxygen atoms in total. The average Bonchev–Trinajstić information content (AvgIpc) is 3.38. The van der Waals surface area contributed by atoms with Gasteiger partial charge in [-0.2, -0.15) is 11.3 Å². The first-order valence-electron chi connectivity index (χ1n) is 9.14. The van der Waals surface area contributed by atoms with E-state index in [1.165, 1.54) is 16.5 Å². The number of benzene rings is 1. The molecule has 1 fully saturated rings. The lowest BCUT2D eigenvalue weighted by Gasteiger charge is -2.34. The van der Waals surface area contributed by atoms with Crippen molar-refractivity contribution >= 4 is 28.3 Å². The minimum Gasteiger partial charge on any atom is -0.460 e. The van der Waals surface area contributed by atoms with Crippen LogP contribution in [0.15, 0.2) is 64.0 Å². The second-order valence-electron chi connectivity index (χ2n) is 6.79. The van der Waals surface area contributed by atoms with Gasteiger partial charge in [0, 0.05) is 44.0 Å². The van der Waals surface area contributed by atoms with Crippen LogP contribution in [0.4, 0.5) is 5.95 Å². The summed E-state index contributed by atoms with van der Waals surface area (Å²) in [6.07, 6.45) is 3.60. The summed E-state index contributed by atoms with van der Waals surface area (Å²) in [6.45, 7) is 4.68. The van der Waals surface area contributed by atoms with Crippen LogP contribution in [0.2, 0.25) is 0 Å². The number of hydrogen-bond donors (Lipinski definition) is 0. The number of nitrogens with zero attached hydrogens (tertiary/aromatic N) is 4. The van der Waals surface area contributed by atoms with Crippen LogP contribution in [-0.4, -0.2) is 41.0 Å². The molecule has 0 amide bonds. The van der Waals surface area contributed by atoms with Gasteiger partial charge in [0.05, 0.1) is 6.54 Å². The SMILES string of the molecule is c1cnc(N2CCN(Cc3cc4cc(-c5ccsc5)ccc4o3)CC2)nc1. The number of furan rings is 1. The lowest BCUT2D eigenvalue weighted by Crippen LogP contribution is -2.46. The van der Waals surface area contributed by atoms with Crippen LogP contribution in [-0.2, 0) is 6.54 Å². The summed E-state index contributed by atoms with van der Waals surface area (Å²) >= 11 is 1.72. The zero-order valence-electron chi connectivity index (χ0n) is 14.9. The maximum absolute atomic E-state index is 6.08. The van der Waals surface area contributed by atoms with E-state index >= 15 is 0 Å². The summed E-state index contributed by atoms with van der Waals surface area (Å²) in [7, 11) is 0. The molecule has 0 unspecified atom stereocenters. The predicted molar refractivity (Wildman–Crippen MR) is 109 cm³/mol. The highest BCUT2D eigenvalue weighted by atomic mass is 32.1. The molecule has 0 N–H and O–H groups in total. The monoisotopic (exact) mass is 376 g/mol. The third-order valence-corrected chi connectivity index (χ3v) is 5.69. The standard InChI is InChI=1S/C21H20N4OS/c1-5-22-21(23-6-1)25-9-7-24(8-10-25)14-19-13-18-12-16(2-3-20(18)26-19)17-4-11-27-15-17/h1-6,11-13,15H,7-10,14H2. The van der Waals surface area contributed by atoms with Crippen LogP contribution in [0.25, 0.3) is 22.1 Å². The Morgan fingerprint density at radius 3 is 2.59 bits per heavy atom. The first-order chi connectivity index (χ1) is 13.3. The van der Waals surface area contributed by atoms with Crippen LogP contribution >= 0.6 is 11.3 Å². The zero-order chi connectivity index (χ0) is 18.1. The molecule has 136 valence electrons. The first kappa shape index (κ1) is 16.5. The Morgan fingerprint density at radius 1 is 0.963 bits per heavy atom. The summed E-state index contributed by atoms with van der Waals surface area (Å²) in [6, 6.07) is 12.6. The van der Waals surface area contributed by atoms with E-state index in [0.717, 1.165) is 50.0 Å². The van der Waals surface area contributed by atoms with Gasteiger partial charge in [0.25, 0.3) is 0 Å². The molecule has 4 aromatic rings. The molecular weight excluding hydrogens is 356 g/mol. The van der Waals surface area contributed by atoms with E-state index < -0.39 is 0 Å². The molecule has 4 heterocycles. The van der Waals surface area contributed by atoms with Gasteiger partial charge in [-0.3, -0.25) is 4.90 Å². The van der Waals surface area contributed by atoms with E-state index in [2.05, 4.69) is 60.9 Å². The van der Waals surface area contributed by atoms with Crippen molar-refractivity contribution in [2.24, 2.45) is 0 Å². The zero-order valence-corrected chi connectivity index (χ0v) is 15.7. The van der Waals surface area contributed by atoms with Gasteiger partial charge in [0.1, 0.15) is 11.3 Å². The van der Waals surface area contributed by atoms with E-state index in [9.17, 15) is 0 Å². The van der Waals surface area contributed by atoms with Gasteiger partial charge in [-0.15, -0.1) is 0 Å². The molecule has 0 saturated carbocycles. The number of aromatic nitrogens is 2. The number of rotatable bonds is 4. The highest BCUT2D eigenvalue weighted by Gasteiger charge is 2.20. The molecule has 1 saturated heterocycles. The van der Waals surface area contributed by atoms with Crippen molar-refractivity contribution < 1.29 is 4.42 Å². The van der Waals surface area contributed by atoms with Gasteiger partial charge in [-0.05, 0) is 52.2 Å². The van der Waals surface area contributed by atoms with Crippen LogP contribution in [0, 0.1) is 0 Å². The lowest BCUT2D eigenvalue weighted by atomic mass is 10.1. The van der Waals surface area contributed by atoms with Crippen molar-refractivity contribution in [2.45, 2.75) is 6.54 Å². The predicted octanol–water partition coefficient (Wildman–Crippen LogP) is 4.27. The molecule has 0 bridgehead atoms. The van der Waals surface area contributed by atoms with Gasteiger partial charge in [-0.1, -0.05) is 6.07 Å². The molecule has 0 aliphatic carbocycles. The average molecular weight is 376 g/mol. The van der Waals surface area contributed by atoms with E-state index in [1.54, 1.807) is 23.7 Å². The summed E-state index contributed by atoms with van der Waals surface area (Å²) in [4.78, 5) is 13.4. The third-order valence-electron chi connectivity index (χ3n) is 5.01. The van der Waals surface area contributed by atoms with Crippen LogP contribution < -0.4 is 4.90 Å². The van der Waals surface area contributed by atoms with Gasteiger partial charge < -0.3 is 9.32 Å². The molecule has 6 heteroatoms. The largest absolute Gasteiger partial charge is 0.460 e. The minimum atomic E-state index is 0.821. The lowest BCUT2D eigenvalue weighted by molar-refractivity contribution is 0.232. The third kappa shape index (κ3) is 3.46. The molecular formula is C21H20N4OS. The topological polar surface area (TPSA) is 45.4 Å². The molecule has 0 radical (unpaired) electrons. The molecule has 1 aliphatic rings. The highest BCUT2D eigenvalue weighted by Crippen LogP contribution is 2.28. The second-order valence-corrected chi connectivity index (χ2v) is 7.57. The highest BCUT2D eigenvalue weighted by molar-refractivity contribution is 7.08. The Bertz CT molecular complexity index is 1020. The van der Waals surface area contributed by atoms with E-state index in [1.807, 2.05) is 6.07 Å². The first-order valence-corrected chi connectivity index (χ1v) is 10.1. The maximum Gasteiger partial charge on any atom is 0.225 e. The molecule has 5 rings (SSSR count). The fourth-order valence-corrected chi connectivity index (χ4v) is 4.23. The Labute approximate surface area is 161 Å². The molecule has 1 aromatic carbocycles. The number of anilines is 1. The molecule has 0 atom stereocenters. The van der Waals surface area contributed by atoms with E-state index in [-0.39, 0.29) is 0 Å². The Kier molecular flexibility index (Phi) is 4.35. The Balaban J connectivity index is 1.27. The molecule has 1 aliphatic heterocycles. The summed E-state index contributed by atoms with van der Waals surface area (Å²) in [5.74, 6) is 1.85. The van der Waals surface area contributed by atoms with Gasteiger partial charge >= 0.3 is 0 Å². The van der Waals surface area contributed by atoms with Crippen molar-refractivity contribution in [1.29, 1.82) is 0 Å². The number of thiophene rings is 1. The van der Waals surface area contributed by atoms with Crippen molar-refractivity contribution in [3.63, 3.8) is 0 Å². The minimum absolute atomic E-state index is 0.821. The Morgan fingerprint density at radius 2 is 1.81 bits per heavy atom. The number of fused-ring (bicyclic) bond motifs is 1. The fraction of sp³-hybridized carbons (Fsp3) is 0.238. The normalized spacial score (nSPS) is 15.5. The van der Waals surface area contributed by atoms with Crippen molar-refractivity contribution in [1.82, 2.24) is 14.9 Å². The quantitative estimate of drug-likeness (QED) is 0.532. The van der Waals surface area contributed by atoms with Crippen molar-refractivity contribution in [3.05, 3.63) is 65.3 Å². The van der Waals surface area contributed by atoms with Gasteiger partial charge in [0.2, 0.25) is 5.95 Å². The van der Waals surface area contributed by atoms with Crippen LogP contribution in [0.3, 0.4) is 0 Å². The van der Waals surface area contributed by atoms with Gasteiger partial charge in [-0.25, -0.2) is 9.97 Å². The summed E-state index contributed by atoms with van der Waals surface area (Å²) in [5.41, 5.74) is 3.47. The molecule has 27 heavy (non-hydrogen) atoms. The van der Waals surface area contributed by atoms with Crippen LogP contribution in [0.1, 0.15) is 5.76 Å². The molecule has 3 aromatic heterocycles. The Hall–Kier alpha value is -2.70. The molecule has 0 spiro atoms. The number of hydrogen-bond acceptors (Lipinski definition) is 6. The maximum atomic E-state index is 6.08. The van der Waals surface area contributed by atoms with Crippen LogP contribution in [0.5, 0.6) is 0 Å². The summed E-state index contributed by atoms with van der Waals surface area (Å²) < 4.78 is 6.08. The van der Waals surface area contributed by atoms with Crippen molar-refractivity contribution in [3.8, 4) is 11.1 Å².